The van der Waals surface area contributed by atoms with E-state index < -0.39 is 26.6 Å². The van der Waals surface area contributed by atoms with Crippen LogP contribution in [-0.2, 0) is 10.0 Å². The average Bonchev–Trinajstić information content (AvgIpc) is 2.45. The molecule has 118 valence electrons. The predicted molar refractivity (Wildman–Crippen MR) is 76.4 cm³/mol. The zero-order valence-electron chi connectivity index (χ0n) is 12.0. The maximum atomic E-state index is 13.8. The van der Waals surface area contributed by atoms with Crippen LogP contribution in [0.1, 0.15) is 19.8 Å². The molecule has 0 unspecified atom stereocenters. The van der Waals surface area contributed by atoms with Crippen molar-refractivity contribution < 1.29 is 17.2 Å². The summed E-state index contributed by atoms with van der Waals surface area (Å²) in [6, 6.07) is 3.09. The molecule has 1 heterocycles. The number of nitrogens with one attached hydrogen (secondary N) is 1. The van der Waals surface area contributed by atoms with Gasteiger partial charge in [-0.05, 0) is 44.0 Å². The second-order valence-electron chi connectivity index (χ2n) is 5.20. The Morgan fingerprint density at radius 1 is 1.24 bits per heavy atom. The molecule has 0 spiro atoms. The Labute approximate surface area is 124 Å². The number of rotatable bonds is 5. The summed E-state index contributed by atoms with van der Waals surface area (Å²) in [5.41, 5.74) is 0. The van der Waals surface area contributed by atoms with Gasteiger partial charge in [0, 0.05) is 13.1 Å². The molecule has 1 fully saturated rings. The minimum atomic E-state index is -4.15. The van der Waals surface area contributed by atoms with Crippen molar-refractivity contribution in [2.24, 2.45) is 5.92 Å². The number of piperidine rings is 1. The number of benzene rings is 1. The van der Waals surface area contributed by atoms with Crippen molar-refractivity contribution in [3.8, 4) is 0 Å². The SMILES string of the molecule is CCN(CC1CCNCC1)S(=O)(=O)c1c(F)cccc1F. The Hall–Kier alpha value is -1.05. The molecule has 1 N–H and O–H groups in total. The summed E-state index contributed by atoms with van der Waals surface area (Å²) in [5.74, 6) is -1.87. The van der Waals surface area contributed by atoms with Gasteiger partial charge < -0.3 is 5.32 Å². The van der Waals surface area contributed by atoms with Gasteiger partial charge in [0.2, 0.25) is 10.0 Å². The molecule has 0 atom stereocenters. The number of hydrogen-bond acceptors (Lipinski definition) is 3. The van der Waals surface area contributed by atoms with Gasteiger partial charge in [-0.3, -0.25) is 0 Å². The summed E-state index contributed by atoms with van der Waals surface area (Å²) in [6.07, 6.45) is 1.73. The van der Waals surface area contributed by atoms with E-state index in [0.717, 1.165) is 44.1 Å². The first-order valence-corrected chi connectivity index (χ1v) is 8.55. The van der Waals surface area contributed by atoms with Gasteiger partial charge >= 0.3 is 0 Å². The van der Waals surface area contributed by atoms with Crippen LogP contribution in [-0.4, -0.2) is 38.9 Å². The van der Waals surface area contributed by atoms with E-state index in [-0.39, 0.29) is 12.5 Å². The normalized spacial score (nSPS) is 17.3. The van der Waals surface area contributed by atoms with Crippen LogP contribution in [0.25, 0.3) is 0 Å². The molecule has 1 saturated heterocycles. The minimum Gasteiger partial charge on any atom is -0.317 e. The Bertz CT molecular complexity index is 566. The van der Waals surface area contributed by atoms with E-state index in [0.29, 0.717) is 6.54 Å². The third-order valence-electron chi connectivity index (χ3n) is 3.79. The van der Waals surface area contributed by atoms with Gasteiger partial charge in [-0.25, -0.2) is 17.2 Å². The molecule has 0 amide bonds. The molecule has 0 aromatic heterocycles. The van der Waals surface area contributed by atoms with Crippen molar-refractivity contribution in [1.29, 1.82) is 0 Å². The third-order valence-corrected chi connectivity index (χ3v) is 5.78. The van der Waals surface area contributed by atoms with E-state index in [1.54, 1.807) is 6.92 Å². The van der Waals surface area contributed by atoms with Crippen molar-refractivity contribution >= 4 is 10.0 Å². The summed E-state index contributed by atoms with van der Waals surface area (Å²) in [4.78, 5) is -0.846. The van der Waals surface area contributed by atoms with Crippen molar-refractivity contribution in [1.82, 2.24) is 9.62 Å². The lowest BCUT2D eigenvalue weighted by Crippen LogP contribution is -2.39. The van der Waals surface area contributed by atoms with Crippen molar-refractivity contribution in [2.75, 3.05) is 26.2 Å². The van der Waals surface area contributed by atoms with Crippen LogP contribution in [0.5, 0.6) is 0 Å². The van der Waals surface area contributed by atoms with Gasteiger partial charge in [-0.1, -0.05) is 13.0 Å². The highest BCUT2D eigenvalue weighted by molar-refractivity contribution is 7.89. The fourth-order valence-electron chi connectivity index (χ4n) is 2.61. The van der Waals surface area contributed by atoms with Gasteiger partial charge in [-0.2, -0.15) is 4.31 Å². The maximum Gasteiger partial charge on any atom is 0.248 e. The molecule has 1 aromatic carbocycles. The molecule has 0 aliphatic carbocycles. The van der Waals surface area contributed by atoms with Crippen LogP contribution in [0.2, 0.25) is 0 Å². The highest BCUT2D eigenvalue weighted by Crippen LogP contribution is 2.24. The first-order valence-electron chi connectivity index (χ1n) is 7.11. The molecule has 1 aliphatic rings. The van der Waals surface area contributed by atoms with Crippen LogP contribution >= 0.6 is 0 Å². The molecule has 0 radical (unpaired) electrons. The monoisotopic (exact) mass is 318 g/mol. The minimum absolute atomic E-state index is 0.194. The van der Waals surface area contributed by atoms with Gasteiger partial charge in [0.15, 0.2) is 4.90 Å². The van der Waals surface area contributed by atoms with E-state index in [1.165, 1.54) is 4.31 Å². The van der Waals surface area contributed by atoms with Gasteiger partial charge in [0.05, 0.1) is 0 Å². The highest BCUT2D eigenvalue weighted by Gasteiger charge is 2.31. The molecule has 2 rings (SSSR count). The summed E-state index contributed by atoms with van der Waals surface area (Å²) in [7, 11) is -4.15. The fourth-order valence-corrected chi connectivity index (χ4v) is 4.24. The third kappa shape index (κ3) is 3.59. The lowest BCUT2D eigenvalue weighted by molar-refractivity contribution is 0.293. The summed E-state index contributed by atoms with van der Waals surface area (Å²) in [5, 5.41) is 3.21. The maximum absolute atomic E-state index is 13.8. The summed E-state index contributed by atoms with van der Waals surface area (Å²) in [6.45, 7) is 3.86. The highest BCUT2D eigenvalue weighted by atomic mass is 32.2. The van der Waals surface area contributed by atoms with E-state index in [4.69, 9.17) is 0 Å². The van der Waals surface area contributed by atoms with E-state index >= 15 is 0 Å². The van der Waals surface area contributed by atoms with Crippen LogP contribution in [0.15, 0.2) is 23.1 Å². The molecular formula is C14H20F2N2O2S. The quantitative estimate of drug-likeness (QED) is 0.903. The Balaban J connectivity index is 2.27. The molecule has 7 heteroatoms. The second kappa shape index (κ2) is 6.81. The smallest absolute Gasteiger partial charge is 0.248 e. The van der Waals surface area contributed by atoms with Crippen LogP contribution in [0.3, 0.4) is 0 Å². The Kier molecular flexibility index (Phi) is 5.29. The zero-order valence-corrected chi connectivity index (χ0v) is 12.8. The number of hydrogen-bond donors (Lipinski definition) is 1. The lowest BCUT2D eigenvalue weighted by atomic mass is 9.98. The van der Waals surface area contributed by atoms with Crippen molar-refractivity contribution in [2.45, 2.75) is 24.7 Å². The first-order chi connectivity index (χ1) is 9.96. The van der Waals surface area contributed by atoms with Crippen LogP contribution in [0, 0.1) is 17.6 Å². The van der Waals surface area contributed by atoms with Crippen LogP contribution in [0.4, 0.5) is 8.78 Å². The summed E-state index contributed by atoms with van der Waals surface area (Å²) < 4.78 is 53.7. The van der Waals surface area contributed by atoms with E-state index in [2.05, 4.69) is 5.32 Å². The second-order valence-corrected chi connectivity index (χ2v) is 7.07. The standard InChI is InChI=1S/C14H20F2N2O2S/c1-2-18(10-11-6-8-17-9-7-11)21(19,20)14-12(15)4-3-5-13(14)16/h3-5,11,17H,2,6-10H2,1H3. The molecule has 0 bridgehead atoms. The largest absolute Gasteiger partial charge is 0.317 e. The van der Waals surface area contributed by atoms with Gasteiger partial charge in [-0.15, -0.1) is 0 Å². The number of nitrogens with zero attached hydrogens (tertiary/aromatic N) is 1. The molecule has 4 nitrogen and oxygen atoms in total. The molecule has 1 aliphatic heterocycles. The van der Waals surface area contributed by atoms with Gasteiger partial charge in [0.25, 0.3) is 0 Å². The number of halogens is 2. The lowest BCUT2D eigenvalue weighted by Gasteiger charge is -2.29. The summed E-state index contributed by atoms with van der Waals surface area (Å²) >= 11 is 0. The van der Waals surface area contributed by atoms with E-state index in [9.17, 15) is 17.2 Å². The molecule has 0 saturated carbocycles. The fraction of sp³-hybridized carbons (Fsp3) is 0.571. The molecule has 21 heavy (non-hydrogen) atoms. The molecular weight excluding hydrogens is 298 g/mol. The van der Waals surface area contributed by atoms with Crippen LogP contribution < -0.4 is 5.32 Å². The van der Waals surface area contributed by atoms with Gasteiger partial charge in [0.1, 0.15) is 11.6 Å². The zero-order chi connectivity index (χ0) is 15.5. The topological polar surface area (TPSA) is 49.4 Å². The predicted octanol–water partition coefficient (Wildman–Crippen LogP) is 1.97. The number of sulfonamides is 1. The van der Waals surface area contributed by atoms with E-state index in [1.807, 2.05) is 0 Å². The Morgan fingerprint density at radius 3 is 2.33 bits per heavy atom. The first kappa shape index (κ1) is 16.3. The Morgan fingerprint density at radius 2 is 1.81 bits per heavy atom. The van der Waals surface area contributed by atoms with Crippen molar-refractivity contribution in [3.63, 3.8) is 0 Å². The molecule has 1 aromatic rings. The van der Waals surface area contributed by atoms with Crippen molar-refractivity contribution in [3.05, 3.63) is 29.8 Å². The average molecular weight is 318 g/mol.